The van der Waals surface area contributed by atoms with Crippen molar-refractivity contribution in [3.05, 3.63) is 17.5 Å². The molecule has 0 aromatic carbocycles. The maximum absolute atomic E-state index is 9.17. The lowest BCUT2D eigenvalue weighted by Crippen LogP contribution is -2.37. The topological polar surface area (TPSA) is 49.5 Å². The Morgan fingerprint density at radius 3 is 2.75 bits per heavy atom. The van der Waals surface area contributed by atoms with Crippen LogP contribution in [0.1, 0.15) is 43.9 Å². The first-order valence-electron chi connectivity index (χ1n) is 6.00. The van der Waals surface area contributed by atoms with Crippen LogP contribution in [-0.2, 0) is 6.61 Å². The van der Waals surface area contributed by atoms with Gasteiger partial charge >= 0.3 is 0 Å². The normalized spacial score (nSPS) is 19.5. The number of aliphatic hydroxyl groups is 1. The molecular weight excluding hydrogens is 204 g/mol. The van der Waals surface area contributed by atoms with Gasteiger partial charge in [-0.2, -0.15) is 0 Å². The van der Waals surface area contributed by atoms with Crippen LogP contribution in [0.2, 0.25) is 0 Å². The first kappa shape index (κ1) is 11.6. The van der Waals surface area contributed by atoms with Gasteiger partial charge in [0.15, 0.2) is 0 Å². The lowest BCUT2D eigenvalue weighted by Gasteiger charge is -2.33. The first-order valence-corrected chi connectivity index (χ1v) is 6.00. The number of aliphatic hydroxyl groups excluding tert-OH is 1. The van der Waals surface area contributed by atoms with Crippen molar-refractivity contribution in [2.24, 2.45) is 0 Å². The minimum Gasteiger partial charge on any atom is -0.391 e. The number of rotatable bonds is 3. The van der Waals surface area contributed by atoms with Crippen molar-refractivity contribution in [1.82, 2.24) is 10.1 Å². The Bertz CT molecular complexity index is 328. The van der Waals surface area contributed by atoms with Crippen LogP contribution in [0.5, 0.6) is 0 Å². The van der Waals surface area contributed by atoms with E-state index in [0.717, 1.165) is 37.3 Å². The van der Waals surface area contributed by atoms with Crippen molar-refractivity contribution in [3.8, 4) is 0 Å². The van der Waals surface area contributed by atoms with E-state index in [-0.39, 0.29) is 6.61 Å². The van der Waals surface area contributed by atoms with E-state index >= 15 is 0 Å². The maximum Gasteiger partial charge on any atom is 0.145 e. The van der Waals surface area contributed by atoms with E-state index in [4.69, 9.17) is 9.63 Å². The molecule has 90 valence electrons. The van der Waals surface area contributed by atoms with Gasteiger partial charge in [-0.3, -0.25) is 0 Å². The van der Waals surface area contributed by atoms with Crippen LogP contribution in [0.3, 0.4) is 0 Å². The Labute approximate surface area is 96.2 Å². The Morgan fingerprint density at radius 1 is 1.50 bits per heavy atom. The summed E-state index contributed by atoms with van der Waals surface area (Å²) in [5, 5.41) is 12.9. The number of nitrogens with zero attached hydrogens (tertiary/aromatic N) is 2. The quantitative estimate of drug-likeness (QED) is 0.850. The molecule has 1 aromatic heterocycles. The van der Waals surface area contributed by atoms with E-state index in [9.17, 15) is 0 Å². The van der Waals surface area contributed by atoms with Gasteiger partial charge in [0.2, 0.25) is 0 Å². The zero-order valence-electron chi connectivity index (χ0n) is 10.0. The number of aromatic nitrogens is 1. The third-order valence-corrected chi connectivity index (χ3v) is 3.48. The standard InChI is InChI=1S/C12H20N2O2/c1-9(2)14-5-3-10(4-6-14)12-11(8-15)7-13-16-12/h7,9-10,15H,3-6,8H2,1-2H3. The van der Waals surface area contributed by atoms with Crippen LogP contribution in [-0.4, -0.2) is 34.3 Å². The van der Waals surface area contributed by atoms with Gasteiger partial charge in [-0.05, 0) is 39.8 Å². The van der Waals surface area contributed by atoms with Crippen molar-refractivity contribution < 1.29 is 9.63 Å². The zero-order valence-corrected chi connectivity index (χ0v) is 10.0. The van der Waals surface area contributed by atoms with Crippen molar-refractivity contribution >= 4 is 0 Å². The van der Waals surface area contributed by atoms with Crippen molar-refractivity contribution in [3.63, 3.8) is 0 Å². The Morgan fingerprint density at radius 2 is 2.19 bits per heavy atom. The van der Waals surface area contributed by atoms with E-state index in [1.807, 2.05) is 0 Å². The van der Waals surface area contributed by atoms with Crippen LogP contribution in [0.25, 0.3) is 0 Å². The van der Waals surface area contributed by atoms with Gasteiger partial charge in [-0.25, -0.2) is 0 Å². The summed E-state index contributed by atoms with van der Waals surface area (Å²) in [6.45, 7) is 6.70. The summed E-state index contributed by atoms with van der Waals surface area (Å²) in [7, 11) is 0. The van der Waals surface area contributed by atoms with Crippen molar-refractivity contribution in [2.75, 3.05) is 13.1 Å². The summed E-state index contributed by atoms with van der Waals surface area (Å²) in [5.41, 5.74) is 0.850. The molecule has 2 heterocycles. The SMILES string of the molecule is CC(C)N1CCC(c2oncc2CO)CC1. The summed E-state index contributed by atoms with van der Waals surface area (Å²) < 4.78 is 5.26. The van der Waals surface area contributed by atoms with Crippen molar-refractivity contribution in [2.45, 2.75) is 45.3 Å². The molecule has 1 fully saturated rings. The molecule has 1 aromatic rings. The lowest BCUT2D eigenvalue weighted by molar-refractivity contribution is 0.160. The highest BCUT2D eigenvalue weighted by atomic mass is 16.5. The van der Waals surface area contributed by atoms with Gasteiger partial charge in [0.1, 0.15) is 5.76 Å². The molecule has 1 aliphatic rings. The van der Waals surface area contributed by atoms with Crippen LogP contribution in [0.4, 0.5) is 0 Å². The third-order valence-electron chi connectivity index (χ3n) is 3.48. The van der Waals surface area contributed by atoms with Crippen LogP contribution in [0.15, 0.2) is 10.7 Å². The third kappa shape index (κ3) is 2.28. The molecule has 0 saturated carbocycles. The summed E-state index contributed by atoms with van der Waals surface area (Å²) in [4.78, 5) is 2.48. The number of hydrogen-bond donors (Lipinski definition) is 1. The van der Waals surface area contributed by atoms with Gasteiger partial charge in [0.25, 0.3) is 0 Å². The molecule has 1 aliphatic heterocycles. The second-order valence-electron chi connectivity index (χ2n) is 4.78. The molecule has 4 nitrogen and oxygen atoms in total. The van der Waals surface area contributed by atoms with E-state index in [0.29, 0.717) is 12.0 Å². The molecule has 0 aliphatic carbocycles. The molecule has 4 heteroatoms. The number of hydrogen-bond acceptors (Lipinski definition) is 4. The Balaban J connectivity index is 1.99. The molecule has 2 rings (SSSR count). The second kappa shape index (κ2) is 4.97. The minimum atomic E-state index is 0.0310. The fourth-order valence-corrected chi connectivity index (χ4v) is 2.40. The van der Waals surface area contributed by atoms with E-state index in [1.165, 1.54) is 0 Å². The summed E-state index contributed by atoms with van der Waals surface area (Å²) in [5.74, 6) is 1.32. The molecule has 16 heavy (non-hydrogen) atoms. The average Bonchev–Trinajstić information content (AvgIpc) is 2.77. The second-order valence-corrected chi connectivity index (χ2v) is 4.78. The molecular formula is C12H20N2O2. The van der Waals surface area contributed by atoms with Crippen LogP contribution in [0, 0.1) is 0 Å². The molecule has 0 amide bonds. The fraction of sp³-hybridized carbons (Fsp3) is 0.750. The lowest BCUT2D eigenvalue weighted by atomic mass is 9.92. The van der Waals surface area contributed by atoms with Gasteiger partial charge in [0.05, 0.1) is 12.8 Å². The van der Waals surface area contributed by atoms with Crippen LogP contribution < -0.4 is 0 Å². The first-order chi connectivity index (χ1) is 7.72. The van der Waals surface area contributed by atoms with E-state index < -0.39 is 0 Å². The highest BCUT2D eigenvalue weighted by molar-refractivity contribution is 5.17. The molecule has 0 spiro atoms. The zero-order chi connectivity index (χ0) is 11.5. The summed E-state index contributed by atoms with van der Waals surface area (Å²) in [6.07, 6.45) is 3.82. The number of likely N-dealkylation sites (tertiary alicyclic amines) is 1. The summed E-state index contributed by atoms with van der Waals surface area (Å²) in [6, 6.07) is 0.619. The van der Waals surface area contributed by atoms with Gasteiger partial charge in [0, 0.05) is 17.5 Å². The molecule has 1 N–H and O–H groups in total. The maximum atomic E-state index is 9.17. The van der Waals surface area contributed by atoms with Crippen LogP contribution >= 0.6 is 0 Å². The Hall–Kier alpha value is -0.870. The molecule has 0 radical (unpaired) electrons. The largest absolute Gasteiger partial charge is 0.391 e. The van der Waals surface area contributed by atoms with Crippen molar-refractivity contribution in [1.29, 1.82) is 0 Å². The van der Waals surface area contributed by atoms with Gasteiger partial charge in [-0.1, -0.05) is 5.16 Å². The van der Waals surface area contributed by atoms with Gasteiger partial charge in [-0.15, -0.1) is 0 Å². The predicted molar refractivity (Wildman–Crippen MR) is 61.1 cm³/mol. The Kier molecular flexibility index (Phi) is 3.61. The molecule has 1 saturated heterocycles. The monoisotopic (exact) mass is 224 g/mol. The highest BCUT2D eigenvalue weighted by Gasteiger charge is 2.26. The average molecular weight is 224 g/mol. The van der Waals surface area contributed by atoms with Gasteiger partial charge < -0.3 is 14.5 Å². The molecule has 0 unspecified atom stereocenters. The fourth-order valence-electron chi connectivity index (χ4n) is 2.40. The number of piperidine rings is 1. The highest BCUT2D eigenvalue weighted by Crippen LogP contribution is 2.30. The molecule has 0 bridgehead atoms. The minimum absolute atomic E-state index is 0.0310. The predicted octanol–water partition coefficient (Wildman–Crippen LogP) is 1.75. The molecule has 0 atom stereocenters. The van der Waals surface area contributed by atoms with E-state index in [1.54, 1.807) is 6.20 Å². The smallest absolute Gasteiger partial charge is 0.145 e. The summed E-state index contributed by atoms with van der Waals surface area (Å²) >= 11 is 0. The van der Waals surface area contributed by atoms with E-state index in [2.05, 4.69) is 23.9 Å².